The average molecular weight is 265 g/mol. The molecule has 0 fully saturated rings. The highest BCUT2D eigenvalue weighted by atomic mass is 16.5. The monoisotopic (exact) mass is 265 g/mol. The second kappa shape index (κ2) is 8.18. The molecule has 1 aromatic rings. The van der Waals surface area contributed by atoms with Gasteiger partial charge in [0.25, 0.3) is 0 Å². The highest BCUT2D eigenvalue weighted by Crippen LogP contribution is 2.18. The van der Waals surface area contributed by atoms with Crippen LogP contribution in [0.1, 0.15) is 24.5 Å². The highest BCUT2D eigenvalue weighted by molar-refractivity contribution is 5.36. The van der Waals surface area contributed by atoms with Crippen molar-refractivity contribution in [3.05, 3.63) is 29.3 Å². The minimum atomic E-state index is 0.280. The van der Waals surface area contributed by atoms with Crippen LogP contribution in [-0.2, 0) is 6.42 Å². The van der Waals surface area contributed by atoms with Gasteiger partial charge in [-0.25, -0.2) is 0 Å². The lowest BCUT2D eigenvalue weighted by atomic mass is 10.1. The van der Waals surface area contributed by atoms with Crippen molar-refractivity contribution in [1.29, 1.82) is 0 Å². The van der Waals surface area contributed by atoms with E-state index in [1.807, 2.05) is 6.07 Å². The molecule has 19 heavy (non-hydrogen) atoms. The summed E-state index contributed by atoms with van der Waals surface area (Å²) < 4.78 is 5.27. The largest absolute Gasteiger partial charge is 0.496 e. The van der Waals surface area contributed by atoms with Crippen LogP contribution in [0.5, 0.6) is 5.75 Å². The fourth-order valence-corrected chi connectivity index (χ4v) is 2.26. The van der Waals surface area contributed by atoms with Crippen molar-refractivity contribution in [1.82, 2.24) is 4.90 Å². The fourth-order valence-electron chi connectivity index (χ4n) is 2.26. The molecule has 0 aliphatic heterocycles. The smallest absolute Gasteiger partial charge is 0.121 e. The van der Waals surface area contributed by atoms with Gasteiger partial charge in [-0.1, -0.05) is 19.1 Å². The van der Waals surface area contributed by atoms with Crippen LogP contribution in [0.15, 0.2) is 18.2 Å². The van der Waals surface area contributed by atoms with Crippen LogP contribution in [0.3, 0.4) is 0 Å². The summed E-state index contributed by atoms with van der Waals surface area (Å²) in [6.07, 6.45) is 2.06. The maximum absolute atomic E-state index is 9.21. The number of benzene rings is 1. The molecule has 3 nitrogen and oxygen atoms in total. The van der Waals surface area contributed by atoms with E-state index in [9.17, 15) is 5.11 Å². The molecule has 0 aromatic heterocycles. The zero-order chi connectivity index (χ0) is 14.3. The van der Waals surface area contributed by atoms with E-state index < -0.39 is 0 Å². The molecule has 0 saturated heterocycles. The topological polar surface area (TPSA) is 32.7 Å². The molecule has 0 amide bonds. The van der Waals surface area contributed by atoms with Gasteiger partial charge in [-0.15, -0.1) is 0 Å². The number of nitrogens with zero attached hydrogens (tertiary/aromatic N) is 1. The Morgan fingerprint density at radius 2 is 2.11 bits per heavy atom. The summed E-state index contributed by atoms with van der Waals surface area (Å²) in [7, 11) is 3.82. The minimum absolute atomic E-state index is 0.280. The molecule has 1 N–H and O–H groups in total. The molecule has 0 radical (unpaired) electrons. The molecule has 108 valence electrons. The molecular formula is C16H27NO2. The maximum atomic E-state index is 9.21. The Bertz CT molecular complexity index is 375. The molecule has 0 bridgehead atoms. The lowest BCUT2D eigenvalue weighted by molar-refractivity contribution is 0.177. The van der Waals surface area contributed by atoms with Gasteiger partial charge in [0.1, 0.15) is 5.75 Å². The van der Waals surface area contributed by atoms with Gasteiger partial charge < -0.3 is 14.7 Å². The summed E-state index contributed by atoms with van der Waals surface area (Å²) in [5, 5.41) is 9.21. The Balaban J connectivity index is 2.45. The maximum Gasteiger partial charge on any atom is 0.121 e. The first-order valence-electron chi connectivity index (χ1n) is 7.03. The van der Waals surface area contributed by atoms with Gasteiger partial charge in [0.15, 0.2) is 0 Å². The first kappa shape index (κ1) is 16.0. The standard InChI is InChI=1S/C16H27NO2/c1-5-14(12-18)11-17(3)9-8-15-6-7-16(19-4)13(2)10-15/h6-7,10,14,18H,5,8-9,11-12H2,1-4H3. The van der Waals surface area contributed by atoms with E-state index in [1.54, 1.807) is 7.11 Å². The number of ether oxygens (including phenoxy) is 1. The predicted octanol–water partition coefficient (Wildman–Crippen LogP) is 2.50. The van der Waals surface area contributed by atoms with Crippen molar-refractivity contribution in [2.45, 2.75) is 26.7 Å². The molecule has 0 aliphatic rings. The fraction of sp³-hybridized carbons (Fsp3) is 0.625. The number of likely N-dealkylation sites (N-methyl/N-ethyl adjacent to an activating group) is 1. The summed E-state index contributed by atoms with van der Waals surface area (Å²) in [4.78, 5) is 2.30. The average Bonchev–Trinajstić information content (AvgIpc) is 2.42. The summed E-state index contributed by atoms with van der Waals surface area (Å²) in [6, 6.07) is 6.35. The number of rotatable bonds is 8. The van der Waals surface area contributed by atoms with E-state index in [2.05, 4.69) is 37.9 Å². The van der Waals surface area contributed by atoms with Gasteiger partial charge in [-0.3, -0.25) is 0 Å². The van der Waals surface area contributed by atoms with Crippen LogP contribution in [-0.4, -0.2) is 43.9 Å². The Morgan fingerprint density at radius 3 is 2.63 bits per heavy atom. The van der Waals surface area contributed by atoms with Gasteiger partial charge in [0.2, 0.25) is 0 Å². The molecule has 0 heterocycles. The minimum Gasteiger partial charge on any atom is -0.496 e. The third-order valence-corrected chi connectivity index (χ3v) is 3.65. The number of hydrogen-bond acceptors (Lipinski definition) is 3. The van der Waals surface area contributed by atoms with E-state index in [0.29, 0.717) is 5.92 Å². The van der Waals surface area contributed by atoms with E-state index in [1.165, 1.54) is 11.1 Å². The Kier molecular flexibility index (Phi) is 6.89. The lowest BCUT2D eigenvalue weighted by Crippen LogP contribution is -2.29. The molecule has 1 unspecified atom stereocenters. The third kappa shape index (κ3) is 5.21. The molecule has 3 heteroatoms. The first-order chi connectivity index (χ1) is 9.10. The Morgan fingerprint density at radius 1 is 1.37 bits per heavy atom. The molecule has 0 saturated carbocycles. The van der Waals surface area contributed by atoms with Crippen LogP contribution in [0.25, 0.3) is 0 Å². The Labute approximate surface area is 117 Å². The van der Waals surface area contributed by atoms with Crippen molar-refractivity contribution in [2.24, 2.45) is 5.92 Å². The van der Waals surface area contributed by atoms with Gasteiger partial charge >= 0.3 is 0 Å². The molecule has 0 spiro atoms. The number of aliphatic hydroxyl groups is 1. The number of hydrogen-bond donors (Lipinski definition) is 1. The summed E-state index contributed by atoms with van der Waals surface area (Å²) >= 11 is 0. The van der Waals surface area contributed by atoms with Crippen LogP contribution in [0.2, 0.25) is 0 Å². The van der Waals surface area contributed by atoms with E-state index in [0.717, 1.165) is 31.7 Å². The molecule has 0 aliphatic carbocycles. The summed E-state index contributed by atoms with van der Waals surface area (Å²) in [5.41, 5.74) is 2.52. The third-order valence-electron chi connectivity index (χ3n) is 3.65. The van der Waals surface area contributed by atoms with Crippen LogP contribution >= 0.6 is 0 Å². The normalized spacial score (nSPS) is 12.7. The number of methoxy groups -OCH3 is 1. The van der Waals surface area contributed by atoms with Crippen molar-refractivity contribution < 1.29 is 9.84 Å². The predicted molar refractivity (Wildman–Crippen MR) is 79.8 cm³/mol. The van der Waals surface area contributed by atoms with Crippen LogP contribution in [0, 0.1) is 12.8 Å². The van der Waals surface area contributed by atoms with E-state index in [4.69, 9.17) is 4.74 Å². The lowest BCUT2D eigenvalue weighted by Gasteiger charge is -2.21. The highest BCUT2D eigenvalue weighted by Gasteiger charge is 2.08. The zero-order valence-corrected chi connectivity index (χ0v) is 12.6. The SMILES string of the molecule is CCC(CO)CN(C)CCc1ccc(OC)c(C)c1. The van der Waals surface area contributed by atoms with E-state index in [-0.39, 0.29) is 6.61 Å². The number of aliphatic hydroxyl groups excluding tert-OH is 1. The summed E-state index contributed by atoms with van der Waals surface area (Å²) in [5.74, 6) is 1.34. The van der Waals surface area contributed by atoms with E-state index >= 15 is 0 Å². The molecule has 1 rings (SSSR count). The second-order valence-electron chi connectivity index (χ2n) is 5.27. The van der Waals surface area contributed by atoms with Gasteiger partial charge in [-0.2, -0.15) is 0 Å². The van der Waals surface area contributed by atoms with Crippen molar-refractivity contribution in [3.8, 4) is 5.75 Å². The van der Waals surface area contributed by atoms with Crippen molar-refractivity contribution in [3.63, 3.8) is 0 Å². The van der Waals surface area contributed by atoms with Crippen LogP contribution in [0.4, 0.5) is 0 Å². The van der Waals surface area contributed by atoms with Crippen molar-refractivity contribution >= 4 is 0 Å². The zero-order valence-electron chi connectivity index (χ0n) is 12.6. The van der Waals surface area contributed by atoms with Gasteiger partial charge in [-0.05, 0) is 49.9 Å². The quantitative estimate of drug-likeness (QED) is 0.784. The van der Waals surface area contributed by atoms with Crippen molar-refractivity contribution in [2.75, 3.05) is 33.9 Å². The Hall–Kier alpha value is -1.06. The van der Waals surface area contributed by atoms with Crippen LogP contribution < -0.4 is 4.74 Å². The first-order valence-corrected chi connectivity index (χ1v) is 7.03. The molecule has 1 aromatic carbocycles. The second-order valence-corrected chi connectivity index (χ2v) is 5.27. The summed E-state index contributed by atoms with van der Waals surface area (Å²) in [6.45, 7) is 6.46. The van der Waals surface area contributed by atoms with Gasteiger partial charge in [0, 0.05) is 19.7 Å². The molecule has 1 atom stereocenters. The molecular weight excluding hydrogens is 238 g/mol. The number of aryl methyl sites for hydroxylation is 1. The van der Waals surface area contributed by atoms with Gasteiger partial charge in [0.05, 0.1) is 7.11 Å².